The molecule has 1 nitrogen and oxygen atoms in total. The summed E-state index contributed by atoms with van der Waals surface area (Å²) in [5.41, 5.74) is -7.25. The Balaban J connectivity index is 3.60. The number of benzene rings is 1. The lowest BCUT2D eigenvalue weighted by Gasteiger charge is -2.30. The van der Waals surface area contributed by atoms with Crippen molar-refractivity contribution in [2.24, 2.45) is 0 Å². The summed E-state index contributed by atoms with van der Waals surface area (Å²) >= 11 is 0.691. The summed E-state index contributed by atoms with van der Waals surface area (Å²) in [6.07, 6.45) is -11.4. The van der Waals surface area contributed by atoms with Gasteiger partial charge in [0.25, 0.3) is 0 Å². The van der Waals surface area contributed by atoms with E-state index in [1.54, 1.807) is 0 Å². The Labute approximate surface area is 120 Å². The highest BCUT2D eigenvalue weighted by Crippen LogP contribution is 2.53. The third kappa shape index (κ3) is 3.06. The molecule has 0 bridgehead atoms. The van der Waals surface area contributed by atoms with Gasteiger partial charge in [0.05, 0.1) is 6.07 Å². The maximum atomic E-state index is 13.8. The molecule has 1 unspecified atom stereocenters. The average Bonchev–Trinajstić information content (AvgIpc) is 2.23. The van der Waals surface area contributed by atoms with E-state index in [1.165, 1.54) is 0 Å². The lowest BCUT2D eigenvalue weighted by atomic mass is 9.94. The van der Waals surface area contributed by atoms with Crippen molar-refractivity contribution in [3.63, 3.8) is 0 Å². The van der Waals surface area contributed by atoms with Crippen molar-refractivity contribution in [2.45, 2.75) is 22.9 Å². The summed E-state index contributed by atoms with van der Waals surface area (Å²) in [5, 5.41) is 0. The molecule has 0 fully saturated rings. The van der Waals surface area contributed by atoms with Crippen LogP contribution in [0, 0.1) is 6.07 Å². The highest BCUT2D eigenvalue weighted by atomic mass is 79.9. The minimum Gasteiger partial charge on any atom is -0.612 e. The van der Waals surface area contributed by atoms with Gasteiger partial charge in [-0.15, -0.1) is 0 Å². The van der Waals surface area contributed by atoms with E-state index in [-0.39, 0.29) is 10.5 Å². The van der Waals surface area contributed by atoms with Crippen LogP contribution in [-0.2, 0) is 16.8 Å². The molecule has 1 radical (unpaired) electrons. The third-order valence-electron chi connectivity index (χ3n) is 2.30. The van der Waals surface area contributed by atoms with Crippen molar-refractivity contribution in [1.29, 1.82) is 0 Å². The first-order chi connectivity index (χ1) is 8.80. The Kier molecular flexibility index (Phi) is 4.72. The average molecular weight is 386 g/mol. The van der Waals surface area contributed by atoms with Gasteiger partial charge >= 0.3 is 18.0 Å². The molecule has 0 aliphatic rings. The molecule has 0 N–H and O–H groups in total. The first-order valence-corrected chi connectivity index (χ1v) is 7.05. The predicted octanol–water partition coefficient (Wildman–Crippen LogP) is 4.28. The van der Waals surface area contributed by atoms with Crippen molar-refractivity contribution in [3.8, 4) is 0 Å². The number of hydrogen-bond acceptors (Lipinski definition) is 1. The van der Waals surface area contributed by atoms with Crippen LogP contribution in [-0.4, -0.2) is 23.2 Å². The van der Waals surface area contributed by atoms with Gasteiger partial charge in [-0.05, 0) is 33.2 Å². The maximum absolute atomic E-state index is 13.8. The second-order valence-electron chi connectivity index (χ2n) is 3.69. The Hall–Kier alpha value is -0.480. The Morgan fingerprint density at radius 1 is 1.05 bits per heavy atom. The van der Waals surface area contributed by atoms with Crippen LogP contribution in [0.3, 0.4) is 0 Å². The van der Waals surface area contributed by atoms with E-state index in [9.17, 15) is 35.3 Å². The van der Waals surface area contributed by atoms with E-state index >= 15 is 0 Å². The molecule has 0 amide bonds. The first kappa shape index (κ1) is 17.6. The molecule has 1 rings (SSSR count). The van der Waals surface area contributed by atoms with Crippen molar-refractivity contribution in [2.75, 3.05) is 6.26 Å². The Morgan fingerprint density at radius 2 is 1.50 bits per heavy atom. The molecule has 1 atom stereocenters. The van der Waals surface area contributed by atoms with E-state index in [0.717, 1.165) is 6.26 Å². The number of alkyl halides is 7. The van der Waals surface area contributed by atoms with Crippen LogP contribution in [0.4, 0.5) is 30.7 Å². The van der Waals surface area contributed by atoms with Gasteiger partial charge < -0.3 is 4.55 Å². The van der Waals surface area contributed by atoms with E-state index in [4.69, 9.17) is 0 Å². The van der Waals surface area contributed by atoms with Crippen LogP contribution in [0.25, 0.3) is 0 Å². The van der Waals surface area contributed by atoms with Crippen LogP contribution in [0.2, 0.25) is 0 Å². The molecule has 0 heterocycles. The van der Waals surface area contributed by atoms with E-state index in [1.807, 2.05) is 0 Å². The third-order valence-corrected chi connectivity index (χ3v) is 3.57. The smallest absolute Gasteiger partial charge is 0.435 e. The summed E-state index contributed by atoms with van der Waals surface area (Å²) in [4.78, 5) is -0.482. The molecule has 113 valence electrons. The molecule has 20 heavy (non-hydrogen) atoms. The zero-order valence-corrected chi connectivity index (χ0v) is 11.9. The SMILES string of the molecule is C[S+]([O-])c1[c]c(Br)cc(C(F)(C(F)(F)F)C(F)(F)F)c1. The Bertz CT molecular complexity index is 483. The van der Waals surface area contributed by atoms with Gasteiger partial charge in [-0.2, -0.15) is 26.3 Å². The molecule has 0 saturated heterocycles. The van der Waals surface area contributed by atoms with E-state index in [2.05, 4.69) is 22.0 Å². The molecule has 10 heteroatoms. The Morgan fingerprint density at radius 3 is 1.85 bits per heavy atom. The fourth-order valence-corrected chi connectivity index (χ4v) is 2.49. The fraction of sp³-hybridized carbons (Fsp3) is 0.400. The quantitative estimate of drug-likeness (QED) is 0.550. The van der Waals surface area contributed by atoms with Crippen LogP contribution < -0.4 is 0 Å². The topological polar surface area (TPSA) is 23.1 Å². The second-order valence-corrected chi connectivity index (χ2v) is 5.89. The van der Waals surface area contributed by atoms with Crippen LogP contribution in [0.1, 0.15) is 5.56 Å². The molecule has 0 aromatic heterocycles. The van der Waals surface area contributed by atoms with Crippen molar-refractivity contribution < 1.29 is 35.3 Å². The summed E-state index contributed by atoms with van der Waals surface area (Å²) in [5.74, 6) is 0. The molecular formula is C10H5BrF7OS. The normalized spacial score (nSPS) is 15.3. The summed E-state index contributed by atoms with van der Waals surface area (Å²) < 4.78 is 99.9. The van der Waals surface area contributed by atoms with E-state index < -0.39 is 39.7 Å². The second kappa shape index (κ2) is 5.38. The van der Waals surface area contributed by atoms with Gasteiger partial charge in [-0.1, -0.05) is 0 Å². The van der Waals surface area contributed by atoms with Crippen LogP contribution >= 0.6 is 15.9 Å². The molecule has 0 aliphatic carbocycles. The van der Waals surface area contributed by atoms with Crippen molar-refractivity contribution in [3.05, 3.63) is 28.2 Å². The molecule has 0 aliphatic heterocycles. The van der Waals surface area contributed by atoms with Gasteiger partial charge in [0.2, 0.25) is 0 Å². The summed E-state index contributed by atoms with van der Waals surface area (Å²) in [6.45, 7) is 0. The lowest BCUT2D eigenvalue weighted by molar-refractivity contribution is -0.348. The lowest BCUT2D eigenvalue weighted by Crippen LogP contribution is -2.50. The fourth-order valence-electron chi connectivity index (χ4n) is 1.35. The first-order valence-electron chi connectivity index (χ1n) is 4.70. The monoisotopic (exact) mass is 385 g/mol. The van der Waals surface area contributed by atoms with Gasteiger partial charge in [0, 0.05) is 16.1 Å². The molecular weight excluding hydrogens is 381 g/mol. The number of hydrogen-bond donors (Lipinski definition) is 0. The van der Waals surface area contributed by atoms with Crippen molar-refractivity contribution in [1.82, 2.24) is 0 Å². The van der Waals surface area contributed by atoms with Crippen LogP contribution in [0.5, 0.6) is 0 Å². The van der Waals surface area contributed by atoms with Gasteiger partial charge in [0.15, 0.2) is 4.90 Å². The number of rotatable bonds is 2. The minimum absolute atomic E-state index is 0.238. The molecule has 0 saturated carbocycles. The molecule has 1 aromatic carbocycles. The minimum atomic E-state index is -6.21. The standard InChI is InChI=1S/C10H5BrF7OS/c1-20(19)7-3-5(2-6(11)4-7)8(12,9(13,14)15)10(16,17)18/h2-3H,1H3. The number of halogens is 8. The van der Waals surface area contributed by atoms with Crippen LogP contribution in [0.15, 0.2) is 21.5 Å². The zero-order valence-electron chi connectivity index (χ0n) is 9.49. The zero-order chi connectivity index (χ0) is 15.9. The van der Waals surface area contributed by atoms with E-state index in [0.29, 0.717) is 6.07 Å². The predicted molar refractivity (Wildman–Crippen MR) is 60.2 cm³/mol. The largest absolute Gasteiger partial charge is 0.612 e. The highest BCUT2D eigenvalue weighted by Gasteiger charge is 2.73. The van der Waals surface area contributed by atoms with Gasteiger partial charge in [0.1, 0.15) is 6.26 Å². The maximum Gasteiger partial charge on any atom is 0.435 e. The summed E-state index contributed by atoms with van der Waals surface area (Å²) in [6, 6.07) is 2.78. The molecule has 0 spiro atoms. The summed E-state index contributed by atoms with van der Waals surface area (Å²) in [7, 11) is 0. The van der Waals surface area contributed by atoms with Gasteiger partial charge in [-0.3, -0.25) is 0 Å². The van der Waals surface area contributed by atoms with Crippen molar-refractivity contribution >= 4 is 27.1 Å². The van der Waals surface area contributed by atoms with Gasteiger partial charge in [-0.25, -0.2) is 4.39 Å². The molecule has 1 aromatic rings. The highest BCUT2D eigenvalue weighted by molar-refractivity contribution is 9.10.